The first kappa shape index (κ1) is 22.9. The van der Waals surface area contributed by atoms with Gasteiger partial charge in [-0.1, -0.05) is 12.1 Å². The molecule has 35 heavy (non-hydrogen) atoms. The summed E-state index contributed by atoms with van der Waals surface area (Å²) in [7, 11) is 0. The summed E-state index contributed by atoms with van der Waals surface area (Å²) in [5.74, 6) is 0.510. The molecule has 2 amide bonds. The molecular formula is C25H24F2N4O4. The van der Waals surface area contributed by atoms with Crippen molar-refractivity contribution in [2.45, 2.75) is 50.9 Å². The quantitative estimate of drug-likeness (QED) is 0.513. The number of rotatable bonds is 7. The van der Waals surface area contributed by atoms with Crippen LogP contribution in [0.4, 0.5) is 13.6 Å². The molecule has 2 aromatic carbocycles. The van der Waals surface area contributed by atoms with Crippen LogP contribution in [-0.2, 0) is 6.54 Å². The van der Waals surface area contributed by atoms with Crippen LogP contribution in [0.2, 0.25) is 0 Å². The number of alkyl halides is 2. The summed E-state index contributed by atoms with van der Waals surface area (Å²) >= 11 is 0. The molecule has 5 rings (SSSR count). The Morgan fingerprint density at radius 3 is 2.83 bits per heavy atom. The molecule has 1 aromatic heterocycles. The molecule has 1 atom stereocenters. The third-order valence-electron chi connectivity index (χ3n) is 6.39. The summed E-state index contributed by atoms with van der Waals surface area (Å²) in [6.07, 6.45) is 3.83. The molecule has 0 bridgehead atoms. The molecule has 1 saturated heterocycles. The maximum atomic E-state index is 12.9. The van der Waals surface area contributed by atoms with E-state index in [4.69, 9.17) is 9.15 Å². The Bertz CT molecular complexity index is 1270. The first-order valence-electron chi connectivity index (χ1n) is 11.6. The van der Waals surface area contributed by atoms with Gasteiger partial charge in [-0.25, -0.2) is 9.78 Å². The Balaban J connectivity index is 1.35. The lowest BCUT2D eigenvalue weighted by Gasteiger charge is -2.33. The van der Waals surface area contributed by atoms with Gasteiger partial charge >= 0.3 is 12.6 Å². The van der Waals surface area contributed by atoms with Crippen LogP contribution in [0.5, 0.6) is 11.5 Å². The van der Waals surface area contributed by atoms with Gasteiger partial charge < -0.3 is 24.1 Å². The zero-order chi connectivity index (χ0) is 24.4. The first-order chi connectivity index (χ1) is 17.0. The lowest BCUT2D eigenvalue weighted by Crippen LogP contribution is -2.49. The fraction of sp³-hybridized carbons (Fsp3) is 0.400. The third-order valence-corrected chi connectivity index (χ3v) is 6.39. The largest absolute Gasteiger partial charge is 0.487 e. The molecule has 2 fully saturated rings. The van der Waals surface area contributed by atoms with E-state index in [1.807, 2.05) is 0 Å². The minimum absolute atomic E-state index is 0.00660. The number of aromatic nitrogens is 1. The molecule has 1 aliphatic carbocycles. The van der Waals surface area contributed by atoms with Gasteiger partial charge in [-0.2, -0.15) is 14.0 Å². The number of para-hydroxylation sites is 1. The number of fused-ring (bicyclic) bond motifs is 1. The highest BCUT2D eigenvalue weighted by atomic mass is 19.3. The summed E-state index contributed by atoms with van der Waals surface area (Å²) in [4.78, 5) is 18.5. The molecule has 0 spiro atoms. The van der Waals surface area contributed by atoms with E-state index in [-0.39, 0.29) is 30.3 Å². The fourth-order valence-electron chi connectivity index (χ4n) is 4.66. The second-order valence-corrected chi connectivity index (χ2v) is 8.74. The maximum Gasteiger partial charge on any atom is 0.387 e. The van der Waals surface area contributed by atoms with Crippen molar-refractivity contribution in [3.05, 3.63) is 53.4 Å². The van der Waals surface area contributed by atoms with Gasteiger partial charge in [-0.15, -0.1) is 0 Å². The Morgan fingerprint density at radius 2 is 2.06 bits per heavy atom. The van der Waals surface area contributed by atoms with Crippen molar-refractivity contribution in [2.75, 3.05) is 13.1 Å². The van der Waals surface area contributed by atoms with Gasteiger partial charge in [0.05, 0.1) is 18.2 Å². The smallest absolute Gasteiger partial charge is 0.387 e. The fourth-order valence-corrected chi connectivity index (χ4v) is 4.66. The summed E-state index contributed by atoms with van der Waals surface area (Å²) in [6, 6.07) is 11.9. The highest BCUT2D eigenvalue weighted by molar-refractivity contribution is 5.79. The molecular weight excluding hydrogens is 458 g/mol. The van der Waals surface area contributed by atoms with Gasteiger partial charge in [0.2, 0.25) is 5.89 Å². The average Bonchev–Trinajstić information content (AvgIpc) is 3.50. The molecule has 1 aliphatic heterocycles. The Labute approximate surface area is 200 Å². The number of oxazole rings is 1. The van der Waals surface area contributed by atoms with E-state index in [2.05, 4.69) is 21.1 Å². The minimum Gasteiger partial charge on any atom is -0.487 e. The highest BCUT2D eigenvalue weighted by Gasteiger charge is 2.29. The van der Waals surface area contributed by atoms with Crippen LogP contribution in [0.3, 0.4) is 0 Å². The number of hydrogen-bond donors (Lipinski definition) is 1. The second-order valence-electron chi connectivity index (χ2n) is 8.74. The number of amides is 2. The Kier molecular flexibility index (Phi) is 6.40. The van der Waals surface area contributed by atoms with E-state index in [1.165, 1.54) is 6.07 Å². The average molecular weight is 482 g/mol. The lowest BCUT2D eigenvalue weighted by molar-refractivity contribution is -0.0520. The summed E-state index contributed by atoms with van der Waals surface area (Å²) in [6.45, 7) is -2.07. The number of nitrogens with zero attached hydrogens (tertiary/aromatic N) is 3. The molecule has 8 nitrogen and oxygen atoms in total. The van der Waals surface area contributed by atoms with Gasteiger partial charge in [-0.05, 0) is 55.5 Å². The van der Waals surface area contributed by atoms with Crippen molar-refractivity contribution in [3.63, 3.8) is 0 Å². The zero-order valence-corrected chi connectivity index (χ0v) is 18.9. The van der Waals surface area contributed by atoms with Crippen LogP contribution in [0.15, 0.2) is 40.8 Å². The first-order valence-corrected chi connectivity index (χ1v) is 11.6. The maximum absolute atomic E-state index is 12.9. The van der Waals surface area contributed by atoms with Gasteiger partial charge in [0, 0.05) is 19.0 Å². The van der Waals surface area contributed by atoms with Gasteiger partial charge in [0.1, 0.15) is 11.6 Å². The monoisotopic (exact) mass is 482 g/mol. The topological polar surface area (TPSA) is 101 Å². The standard InChI is InChI=1S/C25H24F2N4O4/c26-24(27)35-19-9-8-15(10-21(19)33-18-5-1-2-6-18)17-12-29-25(32)31(13-17)14-22-30-23-16(11-28)4-3-7-20(23)34-22/h3-4,7-10,17-18,24H,1-2,5-6,12-14H2,(H,29,32). The SMILES string of the molecule is N#Cc1cccc2oc(CN3CC(c4ccc(OC(F)F)c(OC5CCCC5)c4)CNC3=O)nc12. The molecule has 1 saturated carbocycles. The molecule has 1 N–H and O–H groups in total. The van der Waals surface area contributed by atoms with E-state index < -0.39 is 6.61 Å². The zero-order valence-electron chi connectivity index (χ0n) is 18.9. The van der Waals surface area contributed by atoms with Gasteiger partial charge in [0.15, 0.2) is 17.1 Å². The van der Waals surface area contributed by atoms with Gasteiger partial charge in [-0.3, -0.25) is 0 Å². The number of ether oxygens (including phenoxy) is 2. The summed E-state index contributed by atoms with van der Waals surface area (Å²) < 4.78 is 42.3. The minimum atomic E-state index is -2.95. The van der Waals surface area contributed by atoms with Crippen molar-refractivity contribution in [1.82, 2.24) is 15.2 Å². The van der Waals surface area contributed by atoms with Crippen LogP contribution in [0.1, 0.15) is 48.6 Å². The van der Waals surface area contributed by atoms with Crippen molar-refractivity contribution in [1.29, 1.82) is 5.26 Å². The number of carbonyl (C=O) groups is 1. The van der Waals surface area contributed by atoms with E-state index in [0.29, 0.717) is 41.4 Å². The normalized spacial score (nSPS) is 18.6. The van der Waals surface area contributed by atoms with E-state index >= 15 is 0 Å². The summed E-state index contributed by atoms with van der Waals surface area (Å²) in [5, 5.41) is 12.2. The van der Waals surface area contributed by atoms with Crippen LogP contribution < -0.4 is 14.8 Å². The number of benzene rings is 2. The van der Waals surface area contributed by atoms with Crippen molar-refractivity contribution in [3.8, 4) is 17.6 Å². The molecule has 2 aliphatic rings. The van der Waals surface area contributed by atoms with E-state index in [0.717, 1.165) is 31.2 Å². The molecule has 2 heterocycles. The molecule has 1 unspecified atom stereocenters. The van der Waals surface area contributed by atoms with Crippen LogP contribution >= 0.6 is 0 Å². The van der Waals surface area contributed by atoms with Crippen molar-refractivity contribution >= 4 is 17.1 Å². The van der Waals surface area contributed by atoms with E-state index in [1.54, 1.807) is 35.2 Å². The number of carbonyl (C=O) groups excluding carboxylic acids is 1. The third kappa shape index (κ3) is 4.99. The number of halogens is 2. The molecule has 10 heteroatoms. The molecule has 0 radical (unpaired) electrons. The van der Waals surface area contributed by atoms with Crippen LogP contribution in [0.25, 0.3) is 11.1 Å². The lowest BCUT2D eigenvalue weighted by atomic mass is 9.96. The predicted molar refractivity (Wildman–Crippen MR) is 121 cm³/mol. The number of urea groups is 1. The van der Waals surface area contributed by atoms with E-state index in [9.17, 15) is 18.8 Å². The summed E-state index contributed by atoms with van der Waals surface area (Å²) in [5.41, 5.74) is 2.19. The predicted octanol–water partition coefficient (Wildman–Crippen LogP) is 4.93. The van der Waals surface area contributed by atoms with Gasteiger partial charge in [0.25, 0.3) is 0 Å². The molecule has 3 aromatic rings. The second kappa shape index (κ2) is 9.78. The number of nitriles is 1. The van der Waals surface area contributed by atoms with Crippen LogP contribution in [0, 0.1) is 11.3 Å². The number of hydrogen-bond acceptors (Lipinski definition) is 6. The Hall–Kier alpha value is -3.87. The number of nitrogens with one attached hydrogen (secondary N) is 1. The molecule has 182 valence electrons. The Morgan fingerprint density at radius 1 is 1.23 bits per heavy atom. The van der Waals surface area contributed by atoms with Crippen molar-refractivity contribution in [2.24, 2.45) is 0 Å². The highest BCUT2D eigenvalue weighted by Crippen LogP contribution is 2.36. The van der Waals surface area contributed by atoms with Crippen molar-refractivity contribution < 1.29 is 27.5 Å². The van der Waals surface area contributed by atoms with Crippen LogP contribution in [-0.4, -0.2) is 41.7 Å².